The average Bonchev–Trinajstić information content (AvgIpc) is 1.90. The van der Waals surface area contributed by atoms with Crippen LogP contribution in [-0.4, -0.2) is 18.7 Å². The molecule has 0 unspecified atom stereocenters. The summed E-state index contributed by atoms with van der Waals surface area (Å²) in [6.07, 6.45) is 6.06. The monoisotopic (exact) mass is 125 g/mol. The second kappa shape index (κ2) is 2.69. The smallest absolute Gasteiger partial charge is 0.0638 e. The molecular formula is C7H11NO. The minimum absolute atomic E-state index is 0.860. The maximum Gasteiger partial charge on any atom is 0.0638 e. The first-order valence-corrected chi connectivity index (χ1v) is 2.98. The minimum atomic E-state index is 0.860. The van der Waals surface area contributed by atoms with E-state index in [1.807, 2.05) is 12.3 Å². The van der Waals surface area contributed by atoms with E-state index >= 15 is 0 Å². The number of hydroxylamine groups is 2. The fourth-order valence-electron chi connectivity index (χ4n) is 0.699. The van der Waals surface area contributed by atoms with E-state index < -0.39 is 0 Å². The number of hydrogen-bond donors (Lipinski definition) is 0. The summed E-state index contributed by atoms with van der Waals surface area (Å²) in [6.45, 7) is 2.93. The molecule has 0 radical (unpaired) electrons. The fraction of sp³-hybridized carbons (Fsp3) is 0.429. The molecule has 0 atom stereocenters. The summed E-state index contributed by atoms with van der Waals surface area (Å²) in [6, 6.07) is 0. The Morgan fingerprint density at radius 1 is 1.67 bits per heavy atom. The first-order chi connectivity index (χ1) is 4.33. The van der Waals surface area contributed by atoms with Crippen molar-refractivity contribution in [3.05, 3.63) is 23.9 Å². The standard InChI is InChI=1S/C7H11NO/c1-7-3-5-8(9-2)6-4-7/h3-5H,6H2,1-2H3. The molecule has 2 heteroatoms. The van der Waals surface area contributed by atoms with Gasteiger partial charge in [-0.3, -0.25) is 9.90 Å². The Balaban J connectivity index is 2.48. The molecule has 0 aromatic heterocycles. The lowest BCUT2D eigenvalue weighted by Crippen LogP contribution is -2.17. The van der Waals surface area contributed by atoms with Gasteiger partial charge in [-0.25, -0.2) is 0 Å². The molecule has 0 aromatic rings. The quantitative estimate of drug-likeness (QED) is 0.524. The van der Waals surface area contributed by atoms with Gasteiger partial charge in [0.05, 0.1) is 13.7 Å². The molecule has 50 valence electrons. The van der Waals surface area contributed by atoms with Crippen molar-refractivity contribution in [2.75, 3.05) is 13.7 Å². The normalized spacial score (nSPS) is 18.0. The molecule has 0 N–H and O–H groups in total. The van der Waals surface area contributed by atoms with Crippen molar-refractivity contribution in [1.82, 2.24) is 5.06 Å². The molecule has 0 amide bonds. The van der Waals surface area contributed by atoms with Crippen molar-refractivity contribution in [1.29, 1.82) is 0 Å². The van der Waals surface area contributed by atoms with Crippen LogP contribution in [0.2, 0.25) is 0 Å². The molecule has 0 saturated carbocycles. The number of nitrogens with zero attached hydrogens (tertiary/aromatic N) is 1. The van der Waals surface area contributed by atoms with Gasteiger partial charge in [-0.05, 0) is 13.0 Å². The predicted octanol–water partition coefficient (Wildman–Crippen LogP) is 1.32. The molecule has 0 spiro atoms. The van der Waals surface area contributed by atoms with Gasteiger partial charge in [-0.2, -0.15) is 0 Å². The lowest BCUT2D eigenvalue weighted by Gasteiger charge is -2.17. The van der Waals surface area contributed by atoms with Crippen LogP contribution in [0.1, 0.15) is 6.92 Å². The minimum Gasteiger partial charge on any atom is -0.277 e. The molecule has 1 heterocycles. The Kier molecular flexibility index (Phi) is 1.90. The van der Waals surface area contributed by atoms with Gasteiger partial charge in [-0.1, -0.05) is 11.6 Å². The topological polar surface area (TPSA) is 12.5 Å². The molecule has 0 bridgehead atoms. The van der Waals surface area contributed by atoms with E-state index in [-0.39, 0.29) is 0 Å². The van der Waals surface area contributed by atoms with Crippen LogP contribution in [0, 0.1) is 0 Å². The highest BCUT2D eigenvalue weighted by Crippen LogP contribution is 2.04. The Morgan fingerprint density at radius 2 is 2.44 bits per heavy atom. The van der Waals surface area contributed by atoms with Crippen molar-refractivity contribution < 1.29 is 4.84 Å². The molecule has 0 aromatic carbocycles. The van der Waals surface area contributed by atoms with E-state index in [4.69, 9.17) is 4.84 Å². The van der Waals surface area contributed by atoms with Crippen LogP contribution in [0.4, 0.5) is 0 Å². The zero-order chi connectivity index (χ0) is 6.69. The molecule has 0 fully saturated rings. The van der Waals surface area contributed by atoms with Crippen LogP contribution in [0.25, 0.3) is 0 Å². The zero-order valence-corrected chi connectivity index (χ0v) is 5.79. The molecule has 1 rings (SSSR count). The number of rotatable bonds is 1. The van der Waals surface area contributed by atoms with Gasteiger partial charge >= 0.3 is 0 Å². The largest absolute Gasteiger partial charge is 0.277 e. The zero-order valence-electron chi connectivity index (χ0n) is 5.79. The van der Waals surface area contributed by atoms with Crippen molar-refractivity contribution in [3.8, 4) is 0 Å². The van der Waals surface area contributed by atoms with E-state index in [1.54, 1.807) is 12.2 Å². The molecule has 0 saturated heterocycles. The Bertz CT molecular complexity index is 149. The highest BCUT2D eigenvalue weighted by Gasteiger charge is 1.97. The van der Waals surface area contributed by atoms with Crippen LogP contribution in [0.5, 0.6) is 0 Å². The van der Waals surface area contributed by atoms with Gasteiger partial charge in [0.1, 0.15) is 0 Å². The van der Waals surface area contributed by atoms with E-state index in [0.29, 0.717) is 0 Å². The van der Waals surface area contributed by atoms with Crippen molar-refractivity contribution in [2.24, 2.45) is 0 Å². The van der Waals surface area contributed by atoms with Gasteiger partial charge in [0.15, 0.2) is 0 Å². The van der Waals surface area contributed by atoms with Gasteiger partial charge in [0.25, 0.3) is 0 Å². The third-order valence-electron chi connectivity index (χ3n) is 1.33. The summed E-state index contributed by atoms with van der Waals surface area (Å²) < 4.78 is 0. The highest BCUT2D eigenvalue weighted by atomic mass is 16.7. The maximum atomic E-state index is 4.94. The second-order valence-electron chi connectivity index (χ2n) is 2.05. The molecule has 1 aliphatic heterocycles. The summed E-state index contributed by atoms with van der Waals surface area (Å²) in [5, 5.41) is 1.77. The van der Waals surface area contributed by atoms with Crippen LogP contribution in [-0.2, 0) is 4.84 Å². The van der Waals surface area contributed by atoms with E-state index in [1.165, 1.54) is 5.57 Å². The predicted molar refractivity (Wildman–Crippen MR) is 36.6 cm³/mol. The third kappa shape index (κ3) is 1.57. The van der Waals surface area contributed by atoms with E-state index in [2.05, 4.69) is 13.0 Å². The molecular weight excluding hydrogens is 114 g/mol. The van der Waals surface area contributed by atoms with E-state index in [0.717, 1.165) is 6.54 Å². The summed E-state index contributed by atoms with van der Waals surface area (Å²) in [5.41, 5.74) is 1.29. The van der Waals surface area contributed by atoms with Crippen molar-refractivity contribution in [3.63, 3.8) is 0 Å². The summed E-state index contributed by atoms with van der Waals surface area (Å²) in [7, 11) is 1.67. The fourth-order valence-corrected chi connectivity index (χ4v) is 0.699. The summed E-state index contributed by atoms with van der Waals surface area (Å²) in [4.78, 5) is 4.94. The average molecular weight is 125 g/mol. The SMILES string of the molecule is CON1C=CC(C)=CC1. The van der Waals surface area contributed by atoms with Crippen LogP contribution < -0.4 is 0 Å². The Morgan fingerprint density at radius 3 is 2.89 bits per heavy atom. The lowest BCUT2D eigenvalue weighted by atomic mass is 10.2. The van der Waals surface area contributed by atoms with Gasteiger partial charge in [0.2, 0.25) is 0 Å². The summed E-state index contributed by atoms with van der Waals surface area (Å²) in [5.74, 6) is 0. The van der Waals surface area contributed by atoms with Crippen molar-refractivity contribution in [2.45, 2.75) is 6.92 Å². The maximum absolute atomic E-state index is 4.94. The third-order valence-corrected chi connectivity index (χ3v) is 1.33. The first-order valence-electron chi connectivity index (χ1n) is 2.98. The highest BCUT2D eigenvalue weighted by molar-refractivity contribution is 5.18. The molecule has 1 aliphatic rings. The number of hydrogen-bond acceptors (Lipinski definition) is 2. The molecule has 2 nitrogen and oxygen atoms in total. The second-order valence-corrected chi connectivity index (χ2v) is 2.05. The van der Waals surface area contributed by atoms with Crippen LogP contribution in [0.15, 0.2) is 23.9 Å². The summed E-state index contributed by atoms with van der Waals surface area (Å²) >= 11 is 0. The van der Waals surface area contributed by atoms with Gasteiger partial charge < -0.3 is 0 Å². The molecule has 0 aliphatic carbocycles. The van der Waals surface area contributed by atoms with Gasteiger partial charge in [0, 0.05) is 6.20 Å². The Hall–Kier alpha value is -0.760. The van der Waals surface area contributed by atoms with Crippen molar-refractivity contribution >= 4 is 0 Å². The molecule has 9 heavy (non-hydrogen) atoms. The number of allylic oxidation sites excluding steroid dienone is 2. The lowest BCUT2D eigenvalue weighted by molar-refractivity contribution is -0.0793. The van der Waals surface area contributed by atoms with Crippen LogP contribution >= 0.6 is 0 Å². The van der Waals surface area contributed by atoms with Gasteiger partial charge in [-0.15, -0.1) is 0 Å². The Labute approximate surface area is 55.4 Å². The van der Waals surface area contributed by atoms with E-state index in [9.17, 15) is 0 Å². The first kappa shape index (κ1) is 6.36. The van der Waals surface area contributed by atoms with Crippen LogP contribution in [0.3, 0.4) is 0 Å².